The monoisotopic (exact) mass is 422 g/mol. The number of rotatable bonds is 4. The number of benzene rings is 2. The Labute approximate surface area is 178 Å². The number of aromatic nitrogens is 2. The molecule has 1 amide bonds. The fraction of sp³-hybridized carbons (Fsp3) is 0.261. The number of ether oxygens (including phenoxy) is 1. The molecule has 1 aromatic heterocycles. The van der Waals surface area contributed by atoms with Gasteiger partial charge in [0.2, 0.25) is 0 Å². The summed E-state index contributed by atoms with van der Waals surface area (Å²) in [6.45, 7) is 3.04. The number of carbonyl (C=O) groups excluding carboxylic acids is 1. The number of likely N-dealkylation sites (tertiary alicyclic amines) is 1. The van der Waals surface area contributed by atoms with Gasteiger partial charge in [-0.15, -0.1) is 0 Å². The van der Waals surface area contributed by atoms with Crippen LogP contribution >= 0.6 is 0 Å². The molecule has 0 N–H and O–H groups in total. The molecule has 158 valence electrons. The first-order chi connectivity index (χ1) is 14.9. The molecule has 1 fully saturated rings. The molecule has 0 unspecified atom stereocenters. The van der Waals surface area contributed by atoms with Gasteiger partial charge in [-0.25, -0.2) is 13.8 Å². The van der Waals surface area contributed by atoms with Gasteiger partial charge in [0.25, 0.3) is 5.91 Å². The van der Waals surface area contributed by atoms with Crippen LogP contribution in [0.25, 0.3) is 17.1 Å². The molecule has 8 heteroatoms. The van der Waals surface area contributed by atoms with Crippen molar-refractivity contribution in [3.8, 4) is 28.9 Å². The molecule has 1 aliphatic heterocycles. The smallest absolute Gasteiger partial charge is 0.274 e. The maximum absolute atomic E-state index is 14.4. The van der Waals surface area contributed by atoms with Crippen LogP contribution in [-0.4, -0.2) is 40.6 Å². The predicted molar refractivity (Wildman–Crippen MR) is 110 cm³/mol. The minimum atomic E-state index is -0.694. The largest absolute Gasteiger partial charge is 0.494 e. The van der Waals surface area contributed by atoms with E-state index < -0.39 is 11.6 Å². The summed E-state index contributed by atoms with van der Waals surface area (Å²) in [6, 6.07) is 10.3. The molecule has 0 radical (unpaired) electrons. The van der Waals surface area contributed by atoms with Crippen LogP contribution < -0.4 is 4.74 Å². The molecule has 6 nitrogen and oxygen atoms in total. The summed E-state index contributed by atoms with van der Waals surface area (Å²) in [6.07, 6.45) is 1.87. The minimum Gasteiger partial charge on any atom is -0.494 e. The average molecular weight is 422 g/mol. The highest BCUT2D eigenvalue weighted by Crippen LogP contribution is 2.30. The first-order valence-electron chi connectivity index (χ1n) is 9.87. The maximum atomic E-state index is 14.4. The first kappa shape index (κ1) is 20.5. The quantitative estimate of drug-likeness (QED) is 0.631. The van der Waals surface area contributed by atoms with Crippen LogP contribution in [-0.2, 0) is 0 Å². The van der Waals surface area contributed by atoms with E-state index in [1.807, 2.05) is 0 Å². The molecule has 2 aromatic carbocycles. The van der Waals surface area contributed by atoms with E-state index in [0.29, 0.717) is 30.0 Å². The fourth-order valence-corrected chi connectivity index (χ4v) is 3.82. The Morgan fingerprint density at radius 3 is 2.48 bits per heavy atom. The Balaban J connectivity index is 1.91. The standard InChI is InChI=1S/C23H20F2N4O2/c1-14-21(23(30)28-9-3-4-10-28)27-22(15-5-6-16(13-26)18(24)11-15)29(14)17-7-8-20(31-2)19(25)12-17/h5-8,11-12H,3-4,9-10H2,1-2H3. The summed E-state index contributed by atoms with van der Waals surface area (Å²) in [5, 5.41) is 9.02. The van der Waals surface area contributed by atoms with Crippen LogP contribution in [0.15, 0.2) is 36.4 Å². The highest BCUT2D eigenvalue weighted by molar-refractivity contribution is 5.94. The number of halogens is 2. The topological polar surface area (TPSA) is 71.1 Å². The molecule has 1 aliphatic rings. The van der Waals surface area contributed by atoms with Crippen LogP contribution in [0.3, 0.4) is 0 Å². The molecular weight excluding hydrogens is 402 g/mol. The van der Waals surface area contributed by atoms with Gasteiger partial charge in [0.05, 0.1) is 24.1 Å². The average Bonchev–Trinajstić information content (AvgIpc) is 3.41. The van der Waals surface area contributed by atoms with Gasteiger partial charge in [-0.2, -0.15) is 5.26 Å². The molecule has 3 aromatic rings. The van der Waals surface area contributed by atoms with E-state index in [4.69, 9.17) is 10.00 Å². The van der Waals surface area contributed by atoms with Gasteiger partial charge in [-0.05, 0) is 50.1 Å². The van der Waals surface area contributed by atoms with E-state index in [1.54, 1.807) is 34.6 Å². The van der Waals surface area contributed by atoms with E-state index >= 15 is 0 Å². The molecule has 0 aliphatic carbocycles. The number of imidazole rings is 1. The Hall–Kier alpha value is -3.73. The Kier molecular flexibility index (Phi) is 5.42. The van der Waals surface area contributed by atoms with E-state index in [2.05, 4.69) is 4.98 Å². The van der Waals surface area contributed by atoms with Crippen LogP contribution in [0.5, 0.6) is 5.75 Å². The zero-order valence-electron chi connectivity index (χ0n) is 17.2. The fourth-order valence-electron chi connectivity index (χ4n) is 3.82. The van der Waals surface area contributed by atoms with Gasteiger partial charge < -0.3 is 9.64 Å². The highest BCUT2D eigenvalue weighted by atomic mass is 19.1. The van der Waals surface area contributed by atoms with Crippen LogP contribution in [0.1, 0.15) is 34.6 Å². The normalized spacial score (nSPS) is 13.3. The van der Waals surface area contributed by atoms with Gasteiger partial charge in [0.15, 0.2) is 11.6 Å². The number of hydrogen-bond acceptors (Lipinski definition) is 4. The lowest BCUT2D eigenvalue weighted by atomic mass is 10.1. The van der Waals surface area contributed by atoms with Crippen molar-refractivity contribution < 1.29 is 18.3 Å². The molecular formula is C23H20F2N4O2. The van der Waals surface area contributed by atoms with Gasteiger partial charge in [0, 0.05) is 24.7 Å². The van der Waals surface area contributed by atoms with Gasteiger partial charge in [-0.3, -0.25) is 9.36 Å². The van der Waals surface area contributed by atoms with Gasteiger partial charge >= 0.3 is 0 Å². The van der Waals surface area contributed by atoms with Crippen molar-refractivity contribution in [1.82, 2.24) is 14.5 Å². The predicted octanol–water partition coefficient (Wildman–Crippen LogP) is 4.24. The third-order valence-corrected chi connectivity index (χ3v) is 5.44. The third kappa shape index (κ3) is 3.63. The zero-order chi connectivity index (χ0) is 22.1. The Morgan fingerprint density at radius 2 is 1.87 bits per heavy atom. The molecule has 4 rings (SSSR count). The molecule has 0 atom stereocenters. The molecule has 0 spiro atoms. The molecule has 0 bridgehead atoms. The second-order valence-corrected chi connectivity index (χ2v) is 7.33. The third-order valence-electron chi connectivity index (χ3n) is 5.44. The zero-order valence-corrected chi connectivity index (χ0v) is 17.2. The molecule has 0 saturated carbocycles. The Morgan fingerprint density at radius 1 is 1.13 bits per heavy atom. The summed E-state index contributed by atoms with van der Waals surface area (Å²) in [7, 11) is 1.37. The number of carbonyl (C=O) groups is 1. The summed E-state index contributed by atoms with van der Waals surface area (Å²) in [4.78, 5) is 19.3. The van der Waals surface area contributed by atoms with E-state index in [9.17, 15) is 13.6 Å². The Bertz CT molecular complexity index is 1210. The molecule has 1 saturated heterocycles. The van der Waals surface area contributed by atoms with Crippen molar-refractivity contribution in [3.63, 3.8) is 0 Å². The van der Waals surface area contributed by atoms with Crippen molar-refractivity contribution in [2.45, 2.75) is 19.8 Å². The van der Waals surface area contributed by atoms with Crippen molar-refractivity contribution in [2.75, 3.05) is 20.2 Å². The number of nitriles is 1. The second-order valence-electron chi connectivity index (χ2n) is 7.33. The van der Waals surface area contributed by atoms with E-state index in [0.717, 1.165) is 12.8 Å². The number of amides is 1. The lowest BCUT2D eigenvalue weighted by Crippen LogP contribution is -2.28. The lowest BCUT2D eigenvalue weighted by molar-refractivity contribution is 0.0787. The first-order valence-corrected chi connectivity index (χ1v) is 9.87. The van der Waals surface area contributed by atoms with Crippen LogP contribution in [0.2, 0.25) is 0 Å². The highest BCUT2D eigenvalue weighted by Gasteiger charge is 2.27. The molecule has 31 heavy (non-hydrogen) atoms. The summed E-state index contributed by atoms with van der Waals surface area (Å²) >= 11 is 0. The van der Waals surface area contributed by atoms with Crippen LogP contribution in [0.4, 0.5) is 8.78 Å². The second kappa shape index (κ2) is 8.19. The number of methoxy groups -OCH3 is 1. The molecule has 2 heterocycles. The summed E-state index contributed by atoms with van der Waals surface area (Å²) < 4.78 is 35.4. The lowest BCUT2D eigenvalue weighted by Gasteiger charge is -2.14. The van der Waals surface area contributed by atoms with E-state index in [-0.39, 0.29) is 28.7 Å². The minimum absolute atomic E-state index is 0.0841. The van der Waals surface area contributed by atoms with Crippen molar-refractivity contribution in [2.24, 2.45) is 0 Å². The van der Waals surface area contributed by atoms with Crippen LogP contribution in [0, 0.1) is 29.9 Å². The van der Waals surface area contributed by atoms with Crippen molar-refractivity contribution in [1.29, 1.82) is 5.26 Å². The number of hydrogen-bond donors (Lipinski definition) is 0. The van der Waals surface area contributed by atoms with Crippen molar-refractivity contribution in [3.05, 3.63) is 65.0 Å². The SMILES string of the molecule is COc1ccc(-n2c(-c3ccc(C#N)c(F)c3)nc(C(=O)N3CCCC3)c2C)cc1F. The van der Waals surface area contributed by atoms with Crippen molar-refractivity contribution >= 4 is 5.91 Å². The van der Waals surface area contributed by atoms with Gasteiger partial charge in [0.1, 0.15) is 23.4 Å². The summed E-state index contributed by atoms with van der Waals surface area (Å²) in [5.41, 5.74) is 1.45. The van der Waals surface area contributed by atoms with E-state index in [1.165, 1.54) is 31.4 Å². The maximum Gasteiger partial charge on any atom is 0.274 e. The van der Waals surface area contributed by atoms with Gasteiger partial charge in [-0.1, -0.05) is 0 Å². The summed E-state index contributed by atoms with van der Waals surface area (Å²) in [5.74, 6) is -1.11. The number of nitrogens with zero attached hydrogens (tertiary/aromatic N) is 4.